The quantitative estimate of drug-likeness (QED) is 0.861. The van der Waals surface area contributed by atoms with Crippen molar-refractivity contribution in [2.24, 2.45) is 12.0 Å². The second kappa shape index (κ2) is 6.36. The van der Waals surface area contributed by atoms with Gasteiger partial charge in [0.05, 0.1) is 17.0 Å². The van der Waals surface area contributed by atoms with Crippen LogP contribution in [0.4, 0.5) is 5.69 Å². The predicted octanol–water partition coefficient (Wildman–Crippen LogP) is 1.32. The Bertz CT molecular complexity index is 625. The fourth-order valence-electron chi connectivity index (χ4n) is 2.07. The van der Waals surface area contributed by atoms with Gasteiger partial charge in [-0.2, -0.15) is 5.10 Å². The Morgan fingerprint density at radius 3 is 2.86 bits per heavy atom. The van der Waals surface area contributed by atoms with E-state index in [-0.39, 0.29) is 5.91 Å². The van der Waals surface area contributed by atoms with E-state index in [0.29, 0.717) is 17.9 Å². The molecular formula is C14H20N6O. The van der Waals surface area contributed by atoms with Crippen LogP contribution in [0.25, 0.3) is 0 Å². The lowest BCUT2D eigenvalue weighted by Crippen LogP contribution is -2.27. The second-order valence-corrected chi connectivity index (χ2v) is 4.38. The highest BCUT2D eigenvalue weighted by Gasteiger charge is 2.26. The van der Waals surface area contributed by atoms with Crippen molar-refractivity contribution in [1.29, 1.82) is 0 Å². The third-order valence-electron chi connectivity index (χ3n) is 2.98. The smallest absolute Gasteiger partial charge is 0.256 e. The van der Waals surface area contributed by atoms with Crippen LogP contribution in [0.1, 0.15) is 19.5 Å². The van der Waals surface area contributed by atoms with Crippen molar-refractivity contribution in [3.63, 3.8) is 0 Å². The fraction of sp³-hybridized carbons (Fsp3) is 0.357. The van der Waals surface area contributed by atoms with Crippen molar-refractivity contribution in [1.82, 2.24) is 20.2 Å². The molecule has 0 atom stereocenters. The summed E-state index contributed by atoms with van der Waals surface area (Å²) in [6.45, 7) is 6.32. The number of fused-ring (bicyclic) bond motifs is 1. The van der Waals surface area contributed by atoms with E-state index in [1.54, 1.807) is 22.1 Å². The lowest BCUT2D eigenvalue weighted by Gasteiger charge is -2.15. The minimum atomic E-state index is -0.159. The van der Waals surface area contributed by atoms with Gasteiger partial charge in [-0.3, -0.25) is 14.5 Å². The number of carbonyl (C=O) groups is 1. The summed E-state index contributed by atoms with van der Waals surface area (Å²) in [6.07, 6.45) is 7.09. The minimum Gasteiger partial charge on any atom is -0.319 e. The summed E-state index contributed by atoms with van der Waals surface area (Å²) >= 11 is 0. The fourth-order valence-corrected chi connectivity index (χ4v) is 2.07. The van der Waals surface area contributed by atoms with Crippen LogP contribution < -0.4 is 10.7 Å². The van der Waals surface area contributed by atoms with Gasteiger partial charge in [-0.25, -0.2) is 10.4 Å². The molecule has 2 aliphatic heterocycles. The summed E-state index contributed by atoms with van der Waals surface area (Å²) in [7, 11) is 1.82. The first kappa shape index (κ1) is 15.0. The zero-order valence-corrected chi connectivity index (χ0v) is 12.7. The molecule has 2 aliphatic rings. The van der Waals surface area contributed by atoms with Crippen molar-refractivity contribution in [2.45, 2.75) is 20.8 Å². The van der Waals surface area contributed by atoms with Crippen LogP contribution in [0, 0.1) is 6.92 Å². The molecule has 0 spiro atoms. The molecule has 1 aromatic heterocycles. The van der Waals surface area contributed by atoms with Gasteiger partial charge in [0, 0.05) is 32.2 Å². The summed E-state index contributed by atoms with van der Waals surface area (Å²) < 4.78 is 1.67. The summed E-state index contributed by atoms with van der Waals surface area (Å²) in [4.78, 5) is 16.5. The molecule has 21 heavy (non-hydrogen) atoms. The number of nitrogens with one attached hydrogen (secondary N) is 2. The standard InChI is InChI=1S/C12H14N6O.C2H6/c1-8-10(7-17(2)16-8)15-12(19)9-6-14-18-5-3-4-13-11(9)18;1-2/h3-5,7,14H,6H2,1-2H3,(H,15,19);1-2H3. The van der Waals surface area contributed by atoms with Crippen LogP contribution in [-0.2, 0) is 11.8 Å². The molecule has 0 saturated carbocycles. The molecule has 3 rings (SSSR count). The van der Waals surface area contributed by atoms with Crippen molar-refractivity contribution in [2.75, 3.05) is 11.9 Å². The highest BCUT2D eigenvalue weighted by atomic mass is 16.1. The Morgan fingerprint density at radius 2 is 2.19 bits per heavy atom. The number of amides is 1. The van der Waals surface area contributed by atoms with E-state index in [9.17, 15) is 4.79 Å². The molecule has 0 bridgehead atoms. The van der Waals surface area contributed by atoms with Crippen molar-refractivity contribution < 1.29 is 4.79 Å². The van der Waals surface area contributed by atoms with E-state index in [4.69, 9.17) is 0 Å². The Hall–Kier alpha value is -2.41. The van der Waals surface area contributed by atoms with Gasteiger partial charge in [0.1, 0.15) is 0 Å². The third-order valence-corrected chi connectivity index (χ3v) is 2.98. The number of anilines is 1. The highest BCUT2D eigenvalue weighted by Crippen LogP contribution is 2.21. The number of allylic oxidation sites excluding steroid dienone is 1. The van der Waals surface area contributed by atoms with Gasteiger partial charge < -0.3 is 5.32 Å². The van der Waals surface area contributed by atoms with Crippen LogP contribution in [0.2, 0.25) is 0 Å². The van der Waals surface area contributed by atoms with Crippen LogP contribution in [0.3, 0.4) is 0 Å². The van der Waals surface area contributed by atoms with Crippen LogP contribution in [0.5, 0.6) is 0 Å². The monoisotopic (exact) mass is 288 g/mol. The van der Waals surface area contributed by atoms with Gasteiger partial charge in [-0.05, 0) is 13.0 Å². The van der Waals surface area contributed by atoms with Gasteiger partial charge in [0.25, 0.3) is 5.91 Å². The van der Waals surface area contributed by atoms with Gasteiger partial charge in [-0.15, -0.1) is 0 Å². The number of hydrogen-bond donors (Lipinski definition) is 2. The molecule has 112 valence electrons. The number of hydrazine groups is 1. The number of aliphatic imine (C=N–C) groups is 1. The lowest BCUT2D eigenvalue weighted by molar-refractivity contribution is -0.112. The molecule has 0 aliphatic carbocycles. The SMILES string of the molecule is CC.Cc1nn(C)cc1NC(=O)C1=C2N=CC=CN2NC1. The summed E-state index contributed by atoms with van der Waals surface area (Å²) in [5.41, 5.74) is 5.19. The molecule has 2 N–H and O–H groups in total. The molecule has 0 radical (unpaired) electrons. The van der Waals surface area contributed by atoms with Crippen LogP contribution >= 0.6 is 0 Å². The van der Waals surface area contributed by atoms with Crippen molar-refractivity contribution in [3.8, 4) is 0 Å². The van der Waals surface area contributed by atoms with E-state index in [2.05, 4.69) is 20.8 Å². The third kappa shape index (κ3) is 3.03. The maximum Gasteiger partial charge on any atom is 0.256 e. The van der Waals surface area contributed by atoms with E-state index >= 15 is 0 Å². The number of hydrogen-bond acceptors (Lipinski definition) is 5. The molecule has 7 heteroatoms. The molecule has 1 aromatic rings. The molecule has 7 nitrogen and oxygen atoms in total. The van der Waals surface area contributed by atoms with Crippen LogP contribution in [0.15, 0.2) is 34.9 Å². The number of aryl methyl sites for hydroxylation is 2. The number of nitrogens with zero attached hydrogens (tertiary/aromatic N) is 4. The largest absolute Gasteiger partial charge is 0.319 e. The second-order valence-electron chi connectivity index (χ2n) is 4.38. The Kier molecular flexibility index (Phi) is 4.54. The average Bonchev–Trinajstić information content (AvgIpc) is 3.04. The number of carbonyl (C=O) groups excluding carboxylic acids is 1. The van der Waals surface area contributed by atoms with Gasteiger partial charge in [0.15, 0.2) is 5.82 Å². The van der Waals surface area contributed by atoms with E-state index < -0.39 is 0 Å². The highest BCUT2D eigenvalue weighted by molar-refractivity contribution is 6.05. The van der Waals surface area contributed by atoms with E-state index in [1.807, 2.05) is 40.1 Å². The maximum absolute atomic E-state index is 12.3. The van der Waals surface area contributed by atoms with Crippen molar-refractivity contribution in [3.05, 3.63) is 35.6 Å². The maximum atomic E-state index is 12.3. The molecule has 3 heterocycles. The van der Waals surface area contributed by atoms with Crippen molar-refractivity contribution >= 4 is 17.8 Å². The molecule has 0 unspecified atom stereocenters. The zero-order chi connectivity index (χ0) is 15.4. The van der Waals surface area contributed by atoms with E-state index in [0.717, 1.165) is 11.4 Å². The molecule has 0 fully saturated rings. The Labute approximate surface area is 124 Å². The predicted molar refractivity (Wildman–Crippen MR) is 82.4 cm³/mol. The molecule has 0 saturated heterocycles. The topological polar surface area (TPSA) is 74.5 Å². The summed E-state index contributed by atoms with van der Waals surface area (Å²) in [5.74, 6) is 0.482. The van der Waals surface area contributed by atoms with E-state index in [1.165, 1.54) is 0 Å². The normalized spacial score (nSPS) is 15.7. The van der Waals surface area contributed by atoms with Crippen LogP contribution in [-0.4, -0.2) is 33.5 Å². The van der Waals surface area contributed by atoms with Gasteiger partial charge >= 0.3 is 0 Å². The lowest BCUT2D eigenvalue weighted by atomic mass is 10.2. The summed E-state index contributed by atoms with van der Waals surface area (Å²) in [5, 5.41) is 8.79. The Morgan fingerprint density at radius 1 is 1.43 bits per heavy atom. The molecule has 1 amide bonds. The Balaban J connectivity index is 0.000000774. The minimum absolute atomic E-state index is 0.159. The summed E-state index contributed by atoms with van der Waals surface area (Å²) in [6, 6.07) is 0. The van der Waals surface area contributed by atoms with Gasteiger partial charge in [0.2, 0.25) is 0 Å². The molecule has 0 aromatic carbocycles. The van der Waals surface area contributed by atoms with Gasteiger partial charge in [-0.1, -0.05) is 13.8 Å². The molecular weight excluding hydrogens is 268 g/mol. The first-order valence-electron chi connectivity index (χ1n) is 6.93. The first-order valence-corrected chi connectivity index (χ1v) is 6.93. The average molecular weight is 288 g/mol. The first-order chi connectivity index (χ1) is 10.1. The number of aromatic nitrogens is 2. The zero-order valence-electron chi connectivity index (χ0n) is 12.7. The number of rotatable bonds is 2.